The van der Waals surface area contributed by atoms with Crippen LogP contribution in [0.5, 0.6) is 0 Å². The monoisotopic (exact) mass is 413 g/mol. The molecule has 0 spiro atoms. The lowest BCUT2D eigenvalue weighted by Gasteiger charge is -2.34. The van der Waals surface area contributed by atoms with Gasteiger partial charge < -0.3 is 14.8 Å². The molecule has 2 saturated carbocycles. The molecular formula is C23H31N3O4. The highest BCUT2D eigenvalue weighted by Crippen LogP contribution is 2.49. The third kappa shape index (κ3) is 3.81. The number of fused-ring (bicyclic) bond motifs is 1. The topological polar surface area (TPSA) is 98.6 Å². The second-order valence-electron chi connectivity index (χ2n) is 9.49. The van der Waals surface area contributed by atoms with E-state index in [1.807, 2.05) is 12.1 Å². The first-order valence-electron chi connectivity index (χ1n) is 11.4. The van der Waals surface area contributed by atoms with Crippen LogP contribution in [0.3, 0.4) is 0 Å². The van der Waals surface area contributed by atoms with E-state index in [0.717, 1.165) is 50.8 Å². The number of aromatic nitrogens is 1. The Balaban J connectivity index is 1.34. The van der Waals surface area contributed by atoms with E-state index in [1.165, 1.54) is 19.3 Å². The van der Waals surface area contributed by atoms with Crippen molar-refractivity contribution >= 4 is 17.0 Å². The molecule has 162 valence electrons. The number of nitrogens with zero attached hydrogens (tertiary/aromatic N) is 1. The molecule has 7 heteroatoms. The van der Waals surface area contributed by atoms with Crippen LogP contribution >= 0.6 is 0 Å². The van der Waals surface area contributed by atoms with Gasteiger partial charge in [0.25, 0.3) is 0 Å². The molecule has 1 saturated heterocycles. The van der Waals surface area contributed by atoms with E-state index < -0.39 is 11.2 Å². The number of carbonyl (C=O) groups is 1. The molecule has 0 radical (unpaired) electrons. The normalized spacial score (nSPS) is 25.4. The number of nitrogens with one attached hydrogen (secondary N) is 2. The lowest BCUT2D eigenvalue weighted by atomic mass is 9.83. The van der Waals surface area contributed by atoms with Crippen LogP contribution in [0.4, 0.5) is 0 Å². The zero-order valence-corrected chi connectivity index (χ0v) is 17.4. The van der Waals surface area contributed by atoms with Gasteiger partial charge in [0.2, 0.25) is 5.91 Å². The summed E-state index contributed by atoms with van der Waals surface area (Å²) in [5.74, 6) is 0.133. The summed E-state index contributed by atoms with van der Waals surface area (Å²) in [5.41, 5.74) is 1.61. The molecule has 2 aromatic rings. The maximum atomic E-state index is 13.5. The van der Waals surface area contributed by atoms with Gasteiger partial charge in [-0.15, -0.1) is 0 Å². The number of carbonyl (C=O) groups excluding carboxylic acids is 1. The Kier molecular flexibility index (Phi) is 5.19. The van der Waals surface area contributed by atoms with Gasteiger partial charge in [0.05, 0.1) is 17.0 Å². The summed E-state index contributed by atoms with van der Waals surface area (Å²) in [6.07, 6.45) is 8.30. The summed E-state index contributed by atoms with van der Waals surface area (Å²) in [7, 11) is 0. The van der Waals surface area contributed by atoms with Crippen LogP contribution < -0.4 is 11.1 Å². The molecular weight excluding hydrogens is 382 g/mol. The van der Waals surface area contributed by atoms with Crippen LogP contribution in [0.2, 0.25) is 0 Å². The lowest BCUT2D eigenvalue weighted by molar-refractivity contribution is -0.125. The van der Waals surface area contributed by atoms with Gasteiger partial charge in [0.15, 0.2) is 5.58 Å². The zero-order valence-electron chi connectivity index (χ0n) is 17.4. The van der Waals surface area contributed by atoms with Crippen LogP contribution in [0.1, 0.15) is 56.9 Å². The van der Waals surface area contributed by atoms with Crippen LogP contribution in [0.15, 0.2) is 27.4 Å². The Morgan fingerprint density at radius 1 is 1.27 bits per heavy atom. The largest absolute Gasteiger partial charge is 0.417 e. The van der Waals surface area contributed by atoms with Crippen molar-refractivity contribution in [1.29, 1.82) is 0 Å². The fraction of sp³-hybridized carbons (Fsp3) is 0.652. The first-order chi connectivity index (χ1) is 14.5. The number of aliphatic hydroxyl groups excluding tert-OH is 1. The summed E-state index contributed by atoms with van der Waals surface area (Å²) >= 11 is 0. The van der Waals surface area contributed by atoms with Crippen molar-refractivity contribution < 1.29 is 14.3 Å². The van der Waals surface area contributed by atoms with Gasteiger partial charge in [-0.3, -0.25) is 14.7 Å². The number of likely N-dealkylation sites (tertiary alicyclic amines) is 1. The van der Waals surface area contributed by atoms with E-state index in [4.69, 9.17) is 4.42 Å². The van der Waals surface area contributed by atoms with E-state index >= 15 is 0 Å². The van der Waals surface area contributed by atoms with Crippen molar-refractivity contribution in [3.63, 3.8) is 0 Å². The summed E-state index contributed by atoms with van der Waals surface area (Å²) < 4.78 is 5.11. The molecule has 3 fully saturated rings. The molecule has 0 unspecified atom stereocenters. The van der Waals surface area contributed by atoms with Crippen molar-refractivity contribution in [2.24, 2.45) is 5.92 Å². The highest BCUT2D eigenvalue weighted by atomic mass is 16.4. The van der Waals surface area contributed by atoms with E-state index in [-0.39, 0.29) is 18.1 Å². The van der Waals surface area contributed by atoms with Crippen molar-refractivity contribution in [3.8, 4) is 0 Å². The Morgan fingerprint density at radius 3 is 2.77 bits per heavy atom. The molecule has 2 aliphatic carbocycles. The third-order valence-corrected chi connectivity index (χ3v) is 7.39. The van der Waals surface area contributed by atoms with Crippen LogP contribution in [0, 0.1) is 5.92 Å². The molecule has 3 aliphatic rings. The number of β-amino-alcohol motifs (C(OH)–C–C–N with tert-alkyl or cyclic N) is 1. The molecule has 5 rings (SSSR count). The number of rotatable bonds is 6. The minimum Gasteiger partial charge on any atom is -0.408 e. The highest BCUT2D eigenvalue weighted by molar-refractivity contribution is 5.92. The number of amides is 1. The third-order valence-electron chi connectivity index (χ3n) is 7.39. The van der Waals surface area contributed by atoms with Gasteiger partial charge in [-0.1, -0.05) is 25.3 Å². The average Bonchev–Trinajstić information content (AvgIpc) is 3.33. The molecule has 3 N–H and O–H groups in total. The number of aromatic amines is 1. The molecule has 30 heavy (non-hydrogen) atoms. The maximum Gasteiger partial charge on any atom is 0.417 e. The van der Waals surface area contributed by atoms with Gasteiger partial charge in [-0.05, 0) is 55.7 Å². The van der Waals surface area contributed by atoms with E-state index in [2.05, 4.69) is 15.2 Å². The van der Waals surface area contributed by atoms with E-state index in [9.17, 15) is 14.7 Å². The zero-order chi connectivity index (χ0) is 20.7. The predicted octanol–water partition coefficient (Wildman–Crippen LogP) is 2.28. The molecule has 2 heterocycles. The van der Waals surface area contributed by atoms with Crippen LogP contribution in [-0.4, -0.2) is 52.7 Å². The maximum absolute atomic E-state index is 13.5. The number of hydrogen-bond donors (Lipinski definition) is 3. The molecule has 0 bridgehead atoms. The van der Waals surface area contributed by atoms with Crippen LogP contribution in [0.25, 0.3) is 11.1 Å². The summed E-state index contributed by atoms with van der Waals surface area (Å²) in [5, 5.41) is 13.3. The Bertz CT molecular complexity index is 970. The Morgan fingerprint density at radius 2 is 2.07 bits per heavy atom. The second kappa shape index (κ2) is 7.85. The molecule has 1 aromatic heterocycles. The minimum absolute atomic E-state index is 0.100. The summed E-state index contributed by atoms with van der Waals surface area (Å²) in [4.78, 5) is 30.0. The molecule has 7 nitrogen and oxygen atoms in total. The molecule has 1 aliphatic heterocycles. The van der Waals surface area contributed by atoms with Crippen molar-refractivity contribution in [3.05, 3.63) is 34.3 Å². The SMILES string of the molecule is O=C(N[C@H](CN1CC[C@H](O)C1)C1CCCCC1)C1(c2ccc3oc(=O)[nH]c3c2)CC1. The summed E-state index contributed by atoms with van der Waals surface area (Å²) in [6, 6.07) is 5.70. The molecule has 1 aromatic carbocycles. The van der Waals surface area contributed by atoms with Gasteiger partial charge >= 0.3 is 5.76 Å². The van der Waals surface area contributed by atoms with Crippen molar-refractivity contribution in [2.75, 3.05) is 19.6 Å². The number of aliphatic hydroxyl groups is 1. The number of hydrogen-bond acceptors (Lipinski definition) is 5. The second-order valence-corrected chi connectivity index (χ2v) is 9.49. The van der Waals surface area contributed by atoms with Gasteiger partial charge in [0.1, 0.15) is 0 Å². The number of oxazole rings is 1. The Hall–Kier alpha value is -2.12. The fourth-order valence-electron chi connectivity index (χ4n) is 5.43. The quantitative estimate of drug-likeness (QED) is 0.675. The van der Waals surface area contributed by atoms with E-state index in [0.29, 0.717) is 23.6 Å². The van der Waals surface area contributed by atoms with Crippen molar-refractivity contribution in [1.82, 2.24) is 15.2 Å². The first kappa shape index (κ1) is 19.8. The average molecular weight is 414 g/mol. The first-order valence-corrected chi connectivity index (χ1v) is 11.4. The fourth-order valence-corrected chi connectivity index (χ4v) is 5.43. The van der Waals surface area contributed by atoms with Crippen LogP contribution in [-0.2, 0) is 10.2 Å². The summed E-state index contributed by atoms with van der Waals surface area (Å²) in [6.45, 7) is 2.42. The van der Waals surface area contributed by atoms with E-state index in [1.54, 1.807) is 6.07 Å². The molecule has 2 atom stereocenters. The smallest absolute Gasteiger partial charge is 0.408 e. The predicted molar refractivity (Wildman–Crippen MR) is 113 cm³/mol. The molecule has 1 amide bonds. The Labute approximate surface area is 175 Å². The number of H-pyrrole nitrogens is 1. The van der Waals surface area contributed by atoms with Crippen molar-refractivity contribution in [2.45, 2.75) is 68.9 Å². The minimum atomic E-state index is -0.500. The van der Waals surface area contributed by atoms with Gasteiger partial charge in [-0.2, -0.15) is 0 Å². The standard InChI is InChI=1S/C23H31N3O4/c27-17-8-11-26(13-17)14-19(15-4-2-1-3-5-15)24-21(28)23(9-10-23)16-6-7-20-18(12-16)25-22(29)30-20/h6-7,12,15,17,19,27H,1-5,8-11,13-14H2,(H,24,28)(H,25,29)/t17-,19+/m0/s1. The lowest BCUT2D eigenvalue weighted by Crippen LogP contribution is -2.51. The van der Waals surface area contributed by atoms with Gasteiger partial charge in [0, 0.05) is 25.7 Å². The number of benzene rings is 1. The van der Waals surface area contributed by atoms with Gasteiger partial charge in [-0.25, -0.2) is 4.79 Å². The highest BCUT2D eigenvalue weighted by Gasteiger charge is 2.52.